The molecule has 0 aliphatic rings. The second-order valence-corrected chi connectivity index (χ2v) is 4.43. The first-order valence-corrected chi connectivity index (χ1v) is 6.06. The van der Waals surface area contributed by atoms with E-state index in [4.69, 9.17) is 5.73 Å². The lowest BCUT2D eigenvalue weighted by Gasteiger charge is -2.10. The van der Waals surface area contributed by atoms with Crippen molar-refractivity contribution in [2.45, 2.75) is 0 Å². The van der Waals surface area contributed by atoms with Crippen LogP contribution in [0.5, 0.6) is 0 Å². The van der Waals surface area contributed by atoms with E-state index in [1.165, 1.54) is 12.1 Å². The van der Waals surface area contributed by atoms with E-state index >= 15 is 0 Å². The zero-order valence-corrected chi connectivity index (χ0v) is 11.6. The van der Waals surface area contributed by atoms with Crippen LogP contribution < -0.4 is 10.6 Å². The smallest absolute Gasteiger partial charge is 0.230 e. The van der Waals surface area contributed by atoms with Gasteiger partial charge in [0.25, 0.3) is 0 Å². The van der Waals surface area contributed by atoms with Gasteiger partial charge in [-0.2, -0.15) is 20.2 Å². The molecule has 0 aliphatic carbocycles. The molecule has 6 nitrogen and oxygen atoms in total. The topological polar surface area (TPSA) is 91.7 Å². The first-order valence-electron chi connectivity index (χ1n) is 6.06. The molecule has 0 saturated carbocycles. The highest BCUT2D eigenvalue weighted by molar-refractivity contribution is 5.87. The summed E-state index contributed by atoms with van der Waals surface area (Å²) in [5.41, 5.74) is 6.51. The quantitative estimate of drug-likeness (QED) is 0.863. The van der Waals surface area contributed by atoms with Crippen LogP contribution in [0.15, 0.2) is 24.3 Å². The summed E-state index contributed by atoms with van der Waals surface area (Å²) in [7, 11) is 3.52. The predicted octanol–water partition coefficient (Wildman–Crippen LogP) is 1.72. The van der Waals surface area contributed by atoms with Gasteiger partial charge in [0.15, 0.2) is 5.82 Å². The molecular weight excluding hydrogens is 271 g/mol. The molecule has 0 aliphatic heterocycles. The number of allylic oxidation sites excluding steroid dienone is 1. The van der Waals surface area contributed by atoms with Gasteiger partial charge in [-0.05, 0) is 23.8 Å². The number of hydrogen-bond donors (Lipinski definition) is 1. The summed E-state index contributed by atoms with van der Waals surface area (Å²) in [5.74, 6) is 0.227. The van der Waals surface area contributed by atoms with Gasteiger partial charge in [-0.1, -0.05) is 12.1 Å². The van der Waals surface area contributed by atoms with Gasteiger partial charge in [0.05, 0.1) is 5.57 Å². The summed E-state index contributed by atoms with van der Waals surface area (Å²) in [6, 6.07) is 7.76. The third kappa shape index (κ3) is 3.51. The zero-order chi connectivity index (χ0) is 15.4. The largest absolute Gasteiger partial charge is 0.368 e. The van der Waals surface area contributed by atoms with Gasteiger partial charge in [-0.15, -0.1) is 0 Å². The minimum Gasteiger partial charge on any atom is -0.368 e. The van der Waals surface area contributed by atoms with Gasteiger partial charge < -0.3 is 10.6 Å². The van der Waals surface area contributed by atoms with E-state index < -0.39 is 0 Å². The maximum absolute atomic E-state index is 12.9. The molecule has 1 aromatic carbocycles. The van der Waals surface area contributed by atoms with Crippen molar-refractivity contribution in [2.75, 3.05) is 24.7 Å². The van der Waals surface area contributed by atoms with Gasteiger partial charge in [0.2, 0.25) is 11.9 Å². The number of nitriles is 1. The highest BCUT2D eigenvalue weighted by Gasteiger charge is 2.10. The maximum atomic E-state index is 12.9. The molecule has 2 rings (SSSR count). The van der Waals surface area contributed by atoms with Crippen LogP contribution in [0.4, 0.5) is 16.3 Å². The monoisotopic (exact) mass is 284 g/mol. The van der Waals surface area contributed by atoms with Crippen LogP contribution >= 0.6 is 0 Å². The van der Waals surface area contributed by atoms with Crippen molar-refractivity contribution < 1.29 is 4.39 Å². The zero-order valence-electron chi connectivity index (χ0n) is 11.6. The van der Waals surface area contributed by atoms with E-state index in [0.717, 1.165) is 0 Å². The van der Waals surface area contributed by atoms with Gasteiger partial charge in [-0.3, -0.25) is 0 Å². The van der Waals surface area contributed by atoms with Crippen LogP contribution in [-0.2, 0) is 0 Å². The van der Waals surface area contributed by atoms with Crippen molar-refractivity contribution in [3.63, 3.8) is 0 Å². The van der Waals surface area contributed by atoms with Crippen LogP contribution in [0, 0.1) is 17.1 Å². The number of hydrogen-bond acceptors (Lipinski definition) is 6. The molecule has 0 atom stereocenters. The predicted molar refractivity (Wildman–Crippen MR) is 78.5 cm³/mol. The SMILES string of the molecule is CN(C)c1nc(N)nc(/C(C#N)=C\c2ccc(F)cc2)n1. The fraction of sp³-hybridized carbons (Fsp3) is 0.143. The lowest BCUT2D eigenvalue weighted by atomic mass is 10.1. The Morgan fingerprint density at radius 2 is 1.90 bits per heavy atom. The Morgan fingerprint density at radius 1 is 1.24 bits per heavy atom. The van der Waals surface area contributed by atoms with Crippen molar-refractivity contribution >= 4 is 23.5 Å². The molecule has 106 valence electrons. The van der Waals surface area contributed by atoms with Gasteiger partial charge in [-0.25, -0.2) is 4.39 Å². The van der Waals surface area contributed by atoms with Gasteiger partial charge in [0, 0.05) is 14.1 Å². The molecule has 0 amide bonds. The van der Waals surface area contributed by atoms with E-state index in [1.807, 2.05) is 6.07 Å². The second kappa shape index (κ2) is 5.96. The standard InChI is InChI=1S/C14H13FN6/c1-21(2)14-19-12(18-13(17)20-14)10(8-16)7-9-3-5-11(15)6-4-9/h3-7H,1-2H3,(H2,17,18,19,20)/b10-7-. The molecule has 21 heavy (non-hydrogen) atoms. The average Bonchev–Trinajstić information content (AvgIpc) is 2.46. The normalized spacial score (nSPS) is 11.0. The Labute approximate surface area is 121 Å². The lowest BCUT2D eigenvalue weighted by Crippen LogP contribution is -2.15. The molecule has 7 heteroatoms. The van der Waals surface area contributed by atoms with E-state index in [0.29, 0.717) is 11.5 Å². The number of nitrogens with two attached hydrogens (primary N) is 1. The molecule has 2 aromatic rings. The first-order chi connectivity index (χ1) is 9.99. The van der Waals surface area contributed by atoms with Crippen LogP contribution in [-0.4, -0.2) is 29.0 Å². The third-order valence-corrected chi connectivity index (χ3v) is 2.58. The van der Waals surface area contributed by atoms with Gasteiger partial charge in [0.1, 0.15) is 11.9 Å². The van der Waals surface area contributed by atoms with E-state index in [1.54, 1.807) is 37.2 Å². The second-order valence-electron chi connectivity index (χ2n) is 4.43. The number of nitrogens with zero attached hydrogens (tertiary/aromatic N) is 5. The number of rotatable bonds is 3. The van der Waals surface area contributed by atoms with E-state index in [-0.39, 0.29) is 23.2 Å². The van der Waals surface area contributed by atoms with Crippen molar-refractivity contribution in [1.29, 1.82) is 5.26 Å². The molecule has 0 saturated heterocycles. The van der Waals surface area contributed by atoms with Crippen molar-refractivity contribution in [2.24, 2.45) is 0 Å². The number of anilines is 2. The molecule has 0 fully saturated rings. The van der Waals surface area contributed by atoms with Crippen LogP contribution in [0.1, 0.15) is 11.4 Å². The molecule has 2 N–H and O–H groups in total. The molecule has 0 radical (unpaired) electrons. The van der Waals surface area contributed by atoms with Crippen molar-refractivity contribution in [3.8, 4) is 6.07 Å². The number of benzene rings is 1. The summed E-state index contributed by atoms with van der Waals surface area (Å²) in [4.78, 5) is 13.8. The summed E-state index contributed by atoms with van der Waals surface area (Å²) in [5, 5.41) is 9.27. The Kier molecular flexibility index (Phi) is 4.09. The number of aromatic nitrogens is 3. The Bertz CT molecular complexity index is 715. The summed E-state index contributed by atoms with van der Waals surface area (Å²) in [6.45, 7) is 0. The summed E-state index contributed by atoms with van der Waals surface area (Å²) in [6.07, 6.45) is 1.56. The third-order valence-electron chi connectivity index (χ3n) is 2.58. The maximum Gasteiger partial charge on any atom is 0.230 e. The number of nitrogen functional groups attached to an aromatic ring is 1. The Hall–Kier alpha value is -3.01. The fourth-order valence-corrected chi connectivity index (χ4v) is 1.57. The summed E-state index contributed by atoms with van der Waals surface area (Å²) >= 11 is 0. The molecular formula is C14H13FN6. The highest BCUT2D eigenvalue weighted by atomic mass is 19.1. The van der Waals surface area contributed by atoms with E-state index in [2.05, 4.69) is 15.0 Å². The minimum absolute atomic E-state index is 0.0314. The van der Waals surface area contributed by atoms with Crippen LogP contribution in [0.25, 0.3) is 11.6 Å². The molecule has 0 bridgehead atoms. The minimum atomic E-state index is -0.343. The van der Waals surface area contributed by atoms with Crippen molar-refractivity contribution in [1.82, 2.24) is 15.0 Å². The van der Waals surface area contributed by atoms with Crippen molar-refractivity contribution in [3.05, 3.63) is 41.5 Å². The average molecular weight is 284 g/mol. The van der Waals surface area contributed by atoms with Crippen LogP contribution in [0.2, 0.25) is 0 Å². The molecule has 1 aromatic heterocycles. The van der Waals surface area contributed by atoms with E-state index in [9.17, 15) is 9.65 Å². The Balaban J connectivity index is 2.46. The molecule has 0 unspecified atom stereocenters. The van der Waals surface area contributed by atoms with Crippen LogP contribution in [0.3, 0.4) is 0 Å². The highest BCUT2D eigenvalue weighted by Crippen LogP contribution is 2.17. The Morgan fingerprint density at radius 3 is 2.48 bits per heavy atom. The summed E-state index contributed by atoms with van der Waals surface area (Å²) < 4.78 is 12.9. The first kappa shape index (κ1) is 14.4. The molecule has 0 spiro atoms. The fourth-order valence-electron chi connectivity index (χ4n) is 1.57. The molecule has 1 heterocycles. The van der Waals surface area contributed by atoms with Gasteiger partial charge >= 0.3 is 0 Å². The lowest BCUT2D eigenvalue weighted by molar-refractivity contribution is 0.628. The number of halogens is 1.